The van der Waals surface area contributed by atoms with Gasteiger partial charge in [0.2, 0.25) is 0 Å². The molecular weight excluding hydrogens is 769 g/mol. The minimum Gasteiger partial charge on any atom is -0.252 e. The Morgan fingerprint density at radius 1 is 0.339 bits per heavy atom. The molecule has 14 rings (SSSR count). The number of benzene rings is 10. The Morgan fingerprint density at radius 3 is 1.60 bits per heavy atom. The van der Waals surface area contributed by atoms with Gasteiger partial charge in [0, 0.05) is 36.5 Å². The van der Waals surface area contributed by atoms with Crippen LogP contribution >= 0.6 is 11.3 Å². The first-order chi connectivity index (χ1) is 30.7. The van der Waals surface area contributed by atoms with Crippen molar-refractivity contribution in [3.05, 3.63) is 229 Å². The van der Waals surface area contributed by atoms with Crippen LogP contribution in [0.4, 0.5) is 0 Å². The molecule has 3 heteroatoms. The molecule has 2 aromatic heterocycles. The van der Waals surface area contributed by atoms with E-state index in [0.29, 0.717) is 0 Å². The molecule has 0 N–H and O–H groups in total. The summed E-state index contributed by atoms with van der Waals surface area (Å²) in [6, 6.07) is 74.1. The van der Waals surface area contributed by atoms with Crippen LogP contribution in [0, 0.1) is 0 Å². The molecule has 0 bridgehead atoms. The molecule has 286 valence electrons. The SMILES string of the molecule is c1cc(-c2ccc3c(c2)C2(c4ccccc4-c4ccccc42)c2cc(-c4cnc5c6ccccc6c6ccccc6c5n4)ccc2-3)cc(-c2cccc3c2sc2ccccc23)c1. The third kappa shape index (κ3) is 4.53. The van der Waals surface area contributed by atoms with Crippen molar-refractivity contribution in [2.45, 2.75) is 5.41 Å². The first-order valence-electron chi connectivity index (χ1n) is 21.3. The van der Waals surface area contributed by atoms with Gasteiger partial charge in [0.1, 0.15) is 0 Å². The molecule has 62 heavy (non-hydrogen) atoms. The van der Waals surface area contributed by atoms with Crippen molar-refractivity contribution < 1.29 is 0 Å². The van der Waals surface area contributed by atoms with Crippen molar-refractivity contribution in [2.75, 3.05) is 0 Å². The second kappa shape index (κ2) is 12.7. The third-order valence-electron chi connectivity index (χ3n) is 13.7. The summed E-state index contributed by atoms with van der Waals surface area (Å²) in [5.41, 5.74) is 18.6. The zero-order valence-electron chi connectivity index (χ0n) is 33.4. The van der Waals surface area contributed by atoms with Crippen LogP contribution in [0.15, 0.2) is 206 Å². The van der Waals surface area contributed by atoms with E-state index < -0.39 is 5.41 Å². The van der Waals surface area contributed by atoms with E-state index in [1.165, 1.54) is 97.7 Å². The van der Waals surface area contributed by atoms with Gasteiger partial charge in [-0.05, 0) is 102 Å². The predicted octanol–water partition coefficient (Wildman–Crippen LogP) is 15.6. The summed E-state index contributed by atoms with van der Waals surface area (Å²) < 4.78 is 2.66. The quantitative estimate of drug-likeness (QED) is 0.166. The van der Waals surface area contributed by atoms with Crippen molar-refractivity contribution in [3.8, 4) is 55.8 Å². The Hall–Kier alpha value is -7.72. The van der Waals surface area contributed by atoms with Crippen molar-refractivity contribution in [1.82, 2.24) is 9.97 Å². The molecule has 2 heterocycles. The van der Waals surface area contributed by atoms with Gasteiger partial charge >= 0.3 is 0 Å². The molecule has 0 aliphatic heterocycles. The molecule has 0 saturated carbocycles. The normalized spacial score (nSPS) is 13.3. The topological polar surface area (TPSA) is 25.8 Å². The van der Waals surface area contributed by atoms with Gasteiger partial charge in [0.05, 0.1) is 28.3 Å². The highest BCUT2D eigenvalue weighted by Gasteiger charge is 2.51. The van der Waals surface area contributed by atoms with Crippen LogP contribution in [0.1, 0.15) is 22.3 Å². The number of fused-ring (bicyclic) bond motifs is 19. The minimum absolute atomic E-state index is 0.517. The van der Waals surface area contributed by atoms with Gasteiger partial charge in [-0.1, -0.05) is 176 Å². The lowest BCUT2D eigenvalue weighted by Crippen LogP contribution is -2.26. The maximum absolute atomic E-state index is 5.46. The van der Waals surface area contributed by atoms with Crippen LogP contribution in [-0.4, -0.2) is 9.97 Å². The zero-order chi connectivity index (χ0) is 40.5. The summed E-state index contributed by atoms with van der Waals surface area (Å²) in [7, 11) is 0. The molecule has 2 nitrogen and oxygen atoms in total. The summed E-state index contributed by atoms with van der Waals surface area (Å²) in [6.45, 7) is 0. The first kappa shape index (κ1) is 34.0. The van der Waals surface area contributed by atoms with Crippen LogP contribution < -0.4 is 0 Å². The van der Waals surface area contributed by atoms with Gasteiger partial charge in [-0.25, -0.2) is 4.98 Å². The van der Waals surface area contributed by atoms with E-state index in [-0.39, 0.29) is 0 Å². The van der Waals surface area contributed by atoms with Crippen molar-refractivity contribution in [2.24, 2.45) is 0 Å². The summed E-state index contributed by atoms with van der Waals surface area (Å²) in [5, 5.41) is 7.29. The zero-order valence-corrected chi connectivity index (χ0v) is 34.2. The average molecular weight is 803 g/mol. The number of hydrogen-bond acceptors (Lipinski definition) is 3. The van der Waals surface area contributed by atoms with E-state index >= 15 is 0 Å². The van der Waals surface area contributed by atoms with Gasteiger partial charge < -0.3 is 0 Å². The highest BCUT2D eigenvalue weighted by atomic mass is 32.1. The summed E-state index contributed by atoms with van der Waals surface area (Å²) in [5.74, 6) is 0. The number of thiophene rings is 1. The van der Waals surface area contributed by atoms with Crippen LogP contribution in [0.3, 0.4) is 0 Å². The minimum atomic E-state index is -0.517. The number of nitrogens with zero attached hydrogens (tertiary/aromatic N) is 2. The van der Waals surface area contributed by atoms with E-state index in [1.807, 2.05) is 17.5 Å². The average Bonchev–Trinajstić information content (AvgIpc) is 3.98. The van der Waals surface area contributed by atoms with E-state index in [9.17, 15) is 0 Å². The van der Waals surface area contributed by atoms with Gasteiger partial charge in [-0.15, -0.1) is 11.3 Å². The lowest BCUT2D eigenvalue weighted by Gasteiger charge is -2.31. The molecule has 12 aromatic rings. The molecule has 0 amide bonds. The van der Waals surface area contributed by atoms with Crippen LogP contribution in [-0.2, 0) is 5.41 Å². The molecule has 0 radical (unpaired) electrons. The van der Waals surface area contributed by atoms with E-state index in [4.69, 9.17) is 9.97 Å². The van der Waals surface area contributed by atoms with E-state index in [0.717, 1.165) is 33.1 Å². The lowest BCUT2D eigenvalue weighted by molar-refractivity contribution is 0.794. The highest BCUT2D eigenvalue weighted by molar-refractivity contribution is 7.26. The largest absolute Gasteiger partial charge is 0.252 e. The van der Waals surface area contributed by atoms with Gasteiger partial charge in [-0.3, -0.25) is 4.98 Å². The Bertz CT molecular complexity index is 3810. The Kier molecular flexibility index (Phi) is 6.95. The number of hydrogen-bond donors (Lipinski definition) is 0. The molecule has 0 unspecified atom stereocenters. The standard InChI is InChI=1S/C59H34N2S/c1-3-20-47-40(15-1)41-16-2-4-21-48(41)57-56(47)60-34-54(61-57)38-28-30-45-44-29-27-36(32-52(44)59(53(45)33-38)50-24-8-5-17-42(50)43-18-6-9-25-51(43)59)35-13-11-14-37(31-35)39-22-12-23-49-46-19-7-10-26-55(46)62-58(39)49/h1-34H. The highest BCUT2D eigenvalue weighted by Crippen LogP contribution is 2.63. The molecule has 0 fully saturated rings. The maximum Gasteiger partial charge on any atom is 0.0979 e. The van der Waals surface area contributed by atoms with E-state index in [2.05, 4.69) is 200 Å². The molecule has 10 aromatic carbocycles. The fourth-order valence-electron chi connectivity index (χ4n) is 11.1. The fourth-order valence-corrected chi connectivity index (χ4v) is 12.3. The summed E-state index contributed by atoms with van der Waals surface area (Å²) >= 11 is 1.89. The van der Waals surface area contributed by atoms with Crippen LogP contribution in [0.25, 0.3) is 109 Å². The van der Waals surface area contributed by atoms with Gasteiger partial charge in [0.25, 0.3) is 0 Å². The third-order valence-corrected chi connectivity index (χ3v) is 14.9. The Labute approximate surface area is 362 Å². The molecule has 2 aliphatic carbocycles. The second-order valence-corrected chi connectivity index (χ2v) is 17.8. The predicted molar refractivity (Wildman–Crippen MR) is 260 cm³/mol. The fraction of sp³-hybridized carbons (Fsp3) is 0.0169. The number of rotatable bonds is 3. The molecule has 0 atom stereocenters. The van der Waals surface area contributed by atoms with Gasteiger partial charge in [-0.2, -0.15) is 0 Å². The second-order valence-electron chi connectivity index (χ2n) is 16.8. The Balaban J connectivity index is 0.975. The van der Waals surface area contributed by atoms with Crippen molar-refractivity contribution in [3.63, 3.8) is 0 Å². The molecule has 1 spiro atoms. The van der Waals surface area contributed by atoms with Crippen molar-refractivity contribution in [1.29, 1.82) is 0 Å². The van der Waals surface area contributed by atoms with Crippen molar-refractivity contribution >= 4 is 64.1 Å². The van der Waals surface area contributed by atoms with Crippen LogP contribution in [0.5, 0.6) is 0 Å². The first-order valence-corrected chi connectivity index (χ1v) is 22.1. The van der Waals surface area contributed by atoms with Gasteiger partial charge in [0.15, 0.2) is 0 Å². The van der Waals surface area contributed by atoms with E-state index in [1.54, 1.807) is 0 Å². The van der Waals surface area contributed by atoms with Crippen LogP contribution in [0.2, 0.25) is 0 Å². The molecular formula is C59H34N2S. The Morgan fingerprint density at radius 2 is 0.855 bits per heavy atom. The smallest absolute Gasteiger partial charge is 0.0979 e. The molecule has 2 aliphatic rings. The molecule has 0 saturated heterocycles. The number of aromatic nitrogens is 2. The summed E-state index contributed by atoms with van der Waals surface area (Å²) in [6.07, 6.45) is 1.97. The lowest BCUT2D eigenvalue weighted by atomic mass is 9.70. The monoisotopic (exact) mass is 802 g/mol. The summed E-state index contributed by atoms with van der Waals surface area (Å²) in [4.78, 5) is 10.6. The maximum atomic E-state index is 5.46.